The van der Waals surface area contributed by atoms with Crippen molar-refractivity contribution in [1.82, 2.24) is 4.90 Å². The molecule has 1 atom stereocenters. The summed E-state index contributed by atoms with van der Waals surface area (Å²) in [4.78, 5) is 2.27. The molecule has 0 radical (unpaired) electrons. The van der Waals surface area contributed by atoms with Gasteiger partial charge in [-0.1, -0.05) is 51.5 Å². The lowest BCUT2D eigenvalue weighted by molar-refractivity contribution is 0.143. The second kappa shape index (κ2) is 6.35. The van der Waals surface area contributed by atoms with E-state index in [1.54, 1.807) is 0 Å². The average molecular weight is 248 g/mol. The van der Waals surface area contributed by atoms with Crippen molar-refractivity contribution in [3.05, 3.63) is 35.4 Å². The number of rotatable bonds is 6. The maximum absolute atomic E-state index is 5.93. The van der Waals surface area contributed by atoms with E-state index in [1.807, 2.05) is 0 Å². The van der Waals surface area contributed by atoms with Crippen molar-refractivity contribution in [1.29, 1.82) is 0 Å². The Morgan fingerprint density at radius 3 is 2.11 bits per heavy atom. The van der Waals surface area contributed by atoms with Crippen LogP contribution in [0.1, 0.15) is 44.4 Å². The Morgan fingerprint density at radius 2 is 1.72 bits per heavy atom. The van der Waals surface area contributed by atoms with Gasteiger partial charge in [-0.25, -0.2) is 0 Å². The van der Waals surface area contributed by atoms with Gasteiger partial charge in [0.15, 0.2) is 0 Å². The van der Waals surface area contributed by atoms with Gasteiger partial charge >= 0.3 is 0 Å². The second-order valence-electron chi connectivity index (χ2n) is 6.05. The summed E-state index contributed by atoms with van der Waals surface area (Å²) in [6.07, 6.45) is 2.36. The van der Waals surface area contributed by atoms with Gasteiger partial charge in [-0.3, -0.25) is 0 Å². The van der Waals surface area contributed by atoms with Gasteiger partial charge in [0.25, 0.3) is 0 Å². The maximum Gasteiger partial charge on any atom is 0.0405 e. The first-order valence-electron chi connectivity index (χ1n) is 6.87. The van der Waals surface area contributed by atoms with Gasteiger partial charge in [0.1, 0.15) is 0 Å². The van der Waals surface area contributed by atoms with E-state index in [1.165, 1.54) is 17.5 Å². The first kappa shape index (κ1) is 15.2. The van der Waals surface area contributed by atoms with Gasteiger partial charge < -0.3 is 10.6 Å². The molecule has 0 aliphatic heterocycles. The third-order valence-corrected chi connectivity index (χ3v) is 3.62. The quantitative estimate of drug-likeness (QED) is 0.837. The van der Waals surface area contributed by atoms with Crippen molar-refractivity contribution in [2.24, 2.45) is 11.1 Å². The first-order valence-corrected chi connectivity index (χ1v) is 6.87. The topological polar surface area (TPSA) is 29.3 Å². The lowest BCUT2D eigenvalue weighted by Gasteiger charge is -2.38. The fourth-order valence-electron chi connectivity index (χ4n) is 2.72. The molecule has 2 nitrogen and oxygen atoms in total. The Bertz CT molecular complexity index is 352. The number of nitrogens with two attached hydrogens (primary N) is 1. The normalized spacial score (nSPS) is 13.9. The van der Waals surface area contributed by atoms with Gasteiger partial charge in [0, 0.05) is 6.04 Å². The molecule has 2 heteroatoms. The summed E-state index contributed by atoms with van der Waals surface area (Å²) in [5.74, 6) is 0. The van der Waals surface area contributed by atoms with Crippen LogP contribution in [-0.4, -0.2) is 25.5 Å². The molecule has 2 N–H and O–H groups in total. The highest BCUT2D eigenvalue weighted by atomic mass is 15.1. The van der Waals surface area contributed by atoms with Gasteiger partial charge in [-0.05, 0) is 43.6 Å². The zero-order valence-electron chi connectivity index (χ0n) is 12.5. The summed E-state index contributed by atoms with van der Waals surface area (Å²) in [7, 11) is 4.25. The summed E-state index contributed by atoms with van der Waals surface area (Å²) >= 11 is 0. The molecule has 18 heavy (non-hydrogen) atoms. The molecule has 0 aromatic heterocycles. The maximum atomic E-state index is 5.93. The molecule has 0 fully saturated rings. The monoisotopic (exact) mass is 248 g/mol. The largest absolute Gasteiger partial charge is 0.330 e. The van der Waals surface area contributed by atoms with E-state index < -0.39 is 0 Å². The molecule has 0 spiro atoms. The summed E-state index contributed by atoms with van der Waals surface area (Å²) in [6.45, 7) is 7.37. The van der Waals surface area contributed by atoms with Crippen molar-refractivity contribution >= 4 is 0 Å². The van der Waals surface area contributed by atoms with Crippen molar-refractivity contribution in [2.45, 2.75) is 39.7 Å². The first-order chi connectivity index (χ1) is 8.42. The third-order valence-electron chi connectivity index (χ3n) is 3.62. The number of hydrogen-bond acceptors (Lipinski definition) is 2. The third kappa shape index (κ3) is 3.56. The van der Waals surface area contributed by atoms with E-state index in [9.17, 15) is 0 Å². The van der Waals surface area contributed by atoms with Gasteiger partial charge in [0.05, 0.1) is 0 Å². The van der Waals surface area contributed by atoms with Crippen LogP contribution < -0.4 is 5.73 Å². The molecule has 0 saturated carbocycles. The van der Waals surface area contributed by atoms with E-state index in [-0.39, 0.29) is 5.41 Å². The molecular formula is C16H28N2. The van der Waals surface area contributed by atoms with Crippen LogP contribution in [0.2, 0.25) is 0 Å². The minimum Gasteiger partial charge on any atom is -0.330 e. The van der Waals surface area contributed by atoms with Crippen LogP contribution in [0, 0.1) is 5.41 Å². The zero-order chi connectivity index (χ0) is 13.8. The Kier molecular flexibility index (Phi) is 5.36. The van der Waals surface area contributed by atoms with Gasteiger partial charge in [-0.2, -0.15) is 0 Å². The molecule has 102 valence electrons. The van der Waals surface area contributed by atoms with Crippen molar-refractivity contribution in [3.63, 3.8) is 0 Å². The highest BCUT2D eigenvalue weighted by Crippen LogP contribution is 2.36. The fraction of sp³-hybridized carbons (Fsp3) is 0.625. The Hall–Kier alpha value is -0.860. The van der Waals surface area contributed by atoms with Crippen LogP contribution in [0.25, 0.3) is 0 Å². The minimum atomic E-state index is 0.0791. The highest BCUT2D eigenvalue weighted by molar-refractivity contribution is 5.26. The SMILES string of the molecule is CCCc1ccc(C(N(C)C)C(C)(C)CN)cc1. The second-order valence-corrected chi connectivity index (χ2v) is 6.05. The number of benzene rings is 1. The van der Waals surface area contributed by atoms with E-state index in [0.717, 1.165) is 6.42 Å². The average Bonchev–Trinajstić information content (AvgIpc) is 2.31. The van der Waals surface area contributed by atoms with Crippen molar-refractivity contribution in [3.8, 4) is 0 Å². The fourth-order valence-corrected chi connectivity index (χ4v) is 2.72. The summed E-state index contributed by atoms with van der Waals surface area (Å²) in [5, 5.41) is 0. The van der Waals surface area contributed by atoms with Crippen LogP contribution in [-0.2, 0) is 6.42 Å². The van der Waals surface area contributed by atoms with Crippen molar-refractivity contribution < 1.29 is 0 Å². The van der Waals surface area contributed by atoms with E-state index in [4.69, 9.17) is 5.73 Å². The molecule has 0 amide bonds. The van der Waals surface area contributed by atoms with Gasteiger partial charge in [0.2, 0.25) is 0 Å². The Morgan fingerprint density at radius 1 is 1.17 bits per heavy atom. The lowest BCUT2D eigenvalue weighted by atomic mass is 9.79. The molecular weight excluding hydrogens is 220 g/mol. The standard InChI is InChI=1S/C16H28N2/c1-6-7-13-8-10-14(11-9-13)15(18(4)5)16(2,3)12-17/h8-11,15H,6-7,12,17H2,1-5H3. The molecule has 1 aromatic carbocycles. The molecule has 0 heterocycles. The Labute approximate surface area is 112 Å². The zero-order valence-corrected chi connectivity index (χ0v) is 12.5. The van der Waals surface area contributed by atoms with Crippen LogP contribution in [0.3, 0.4) is 0 Å². The summed E-state index contributed by atoms with van der Waals surface area (Å²) in [6, 6.07) is 9.38. The van der Waals surface area contributed by atoms with Crippen LogP contribution in [0.15, 0.2) is 24.3 Å². The van der Waals surface area contributed by atoms with E-state index in [2.05, 4.69) is 64.0 Å². The molecule has 1 rings (SSSR count). The van der Waals surface area contributed by atoms with E-state index in [0.29, 0.717) is 12.6 Å². The van der Waals surface area contributed by atoms with Crippen LogP contribution in [0.4, 0.5) is 0 Å². The van der Waals surface area contributed by atoms with Crippen LogP contribution >= 0.6 is 0 Å². The van der Waals surface area contributed by atoms with Crippen LogP contribution in [0.5, 0.6) is 0 Å². The summed E-state index contributed by atoms with van der Waals surface area (Å²) in [5.41, 5.74) is 8.79. The predicted molar refractivity (Wildman–Crippen MR) is 79.7 cm³/mol. The minimum absolute atomic E-state index is 0.0791. The summed E-state index contributed by atoms with van der Waals surface area (Å²) < 4.78 is 0. The molecule has 0 bridgehead atoms. The van der Waals surface area contributed by atoms with E-state index >= 15 is 0 Å². The number of aryl methyl sites for hydroxylation is 1. The molecule has 1 aromatic rings. The number of nitrogens with zero attached hydrogens (tertiary/aromatic N) is 1. The Balaban J connectivity index is 3.00. The molecule has 1 unspecified atom stereocenters. The highest BCUT2D eigenvalue weighted by Gasteiger charge is 2.31. The smallest absolute Gasteiger partial charge is 0.0405 e. The molecule has 0 aliphatic rings. The van der Waals surface area contributed by atoms with Gasteiger partial charge in [-0.15, -0.1) is 0 Å². The predicted octanol–water partition coefficient (Wildman–Crippen LogP) is 3.23. The molecule has 0 saturated heterocycles. The lowest BCUT2D eigenvalue weighted by Crippen LogP contribution is -2.38. The van der Waals surface area contributed by atoms with Crippen molar-refractivity contribution in [2.75, 3.05) is 20.6 Å². The molecule has 0 aliphatic carbocycles. The number of hydrogen-bond donors (Lipinski definition) is 1.